The zero-order valence-electron chi connectivity index (χ0n) is 18.3. The van der Waals surface area contributed by atoms with Crippen molar-refractivity contribution in [2.75, 3.05) is 6.61 Å². The minimum absolute atomic E-state index is 0.0424. The van der Waals surface area contributed by atoms with Gasteiger partial charge in [-0.25, -0.2) is 0 Å². The molecule has 2 N–H and O–H groups in total. The fourth-order valence-corrected chi connectivity index (χ4v) is 2.97. The molecule has 2 amide bonds. The van der Waals surface area contributed by atoms with Gasteiger partial charge in [-0.05, 0) is 52.9 Å². The molecule has 0 radical (unpaired) electrons. The van der Waals surface area contributed by atoms with Crippen molar-refractivity contribution < 1.29 is 19.1 Å². The maximum Gasteiger partial charge on any atom is 0.279 e. The highest BCUT2D eigenvalue weighted by Gasteiger charge is 2.17. The van der Waals surface area contributed by atoms with Crippen LogP contribution >= 0.6 is 0 Å². The van der Waals surface area contributed by atoms with Crippen molar-refractivity contribution in [2.24, 2.45) is 0 Å². The molecule has 0 saturated heterocycles. The van der Waals surface area contributed by atoms with Crippen LogP contribution in [0.25, 0.3) is 10.8 Å². The Bertz CT molecular complexity index is 1060. The van der Waals surface area contributed by atoms with E-state index >= 15 is 0 Å². The van der Waals surface area contributed by atoms with Gasteiger partial charge in [-0.3, -0.25) is 20.4 Å². The Morgan fingerprint density at radius 1 is 0.871 bits per heavy atom. The maximum absolute atomic E-state index is 12.2. The first-order valence-corrected chi connectivity index (χ1v) is 10.2. The summed E-state index contributed by atoms with van der Waals surface area (Å²) in [6, 6.07) is 21.1. The van der Waals surface area contributed by atoms with E-state index in [0.29, 0.717) is 11.5 Å². The lowest BCUT2D eigenvalue weighted by Gasteiger charge is -2.20. The maximum atomic E-state index is 12.2. The van der Waals surface area contributed by atoms with Crippen LogP contribution in [0.4, 0.5) is 0 Å². The first-order valence-electron chi connectivity index (χ1n) is 10.2. The zero-order chi connectivity index (χ0) is 22.4. The molecule has 1 atom stereocenters. The van der Waals surface area contributed by atoms with Crippen molar-refractivity contribution in [2.45, 2.75) is 39.2 Å². The van der Waals surface area contributed by atoms with Crippen LogP contribution in [0.1, 0.15) is 33.3 Å². The van der Waals surface area contributed by atoms with Gasteiger partial charge in [0.15, 0.2) is 12.7 Å². The van der Waals surface area contributed by atoms with Crippen molar-refractivity contribution in [3.63, 3.8) is 0 Å². The molecular weight excluding hydrogens is 392 g/mol. The van der Waals surface area contributed by atoms with Gasteiger partial charge in [0, 0.05) is 0 Å². The van der Waals surface area contributed by atoms with E-state index < -0.39 is 17.9 Å². The topological polar surface area (TPSA) is 76.7 Å². The average Bonchev–Trinajstić information content (AvgIpc) is 2.75. The fraction of sp³-hybridized carbons (Fsp3) is 0.280. The predicted molar refractivity (Wildman–Crippen MR) is 121 cm³/mol. The summed E-state index contributed by atoms with van der Waals surface area (Å²) in [7, 11) is 0. The number of rotatable bonds is 6. The molecule has 0 aliphatic carbocycles. The summed E-state index contributed by atoms with van der Waals surface area (Å²) in [5.41, 5.74) is 5.92. The zero-order valence-corrected chi connectivity index (χ0v) is 18.3. The molecule has 0 saturated carbocycles. The summed E-state index contributed by atoms with van der Waals surface area (Å²) in [5.74, 6) is 0.236. The summed E-state index contributed by atoms with van der Waals surface area (Å²) in [6.45, 7) is 7.79. The predicted octanol–water partition coefficient (Wildman–Crippen LogP) is 4.13. The van der Waals surface area contributed by atoms with E-state index in [0.717, 1.165) is 10.8 Å². The minimum Gasteiger partial charge on any atom is -0.484 e. The highest BCUT2D eigenvalue weighted by molar-refractivity contribution is 5.86. The van der Waals surface area contributed by atoms with Crippen molar-refractivity contribution >= 4 is 22.6 Å². The SMILES string of the molecule is CC(Oc1ccc(C(C)(C)C)cc1)C(=O)NNC(=O)COc1ccc2ccccc2c1. The normalized spacial score (nSPS) is 12.1. The summed E-state index contributed by atoms with van der Waals surface area (Å²) in [5, 5.41) is 2.11. The Labute approximate surface area is 182 Å². The van der Waals surface area contributed by atoms with Gasteiger partial charge >= 0.3 is 0 Å². The van der Waals surface area contributed by atoms with Crippen molar-refractivity contribution in [3.05, 3.63) is 72.3 Å². The van der Waals surface area contributed by atoms with Gasteiger partial charge in [-0.2, -0.15) is 0 Å². The molecule has 0 aliphatic heterocycles. The molecule has 31 heavy (non-hydrogen) atoms. The van der Waals surface area contributed by atoms with Gasteiger partial charge in [0.25, 0.3) is 11.8 Å². The number of nitrogens with one attached hydrogen (secondary N) is 2. The Hall–Kier alpha value is -3.54. The number of ether oxygens (including phenoxy) is 2. The van der Waals surface area contributed by atoms with Crippen LogP contribution in [0, 0.1) is 0 Å². The lowest BCUT2D eigenvalue weighted by molar-refractivity contribution is -0.133. The number of benzene rings is 3. The highest BCUT2D eigenvalue weighted by Crippen LogP contribution is 2.24. The minimum atomic E-state index is -0.776. The third-order valence-electron chi connectivity index (χ3n) is 4.82. The van der Waals surface area contributed by atoms with Crippen molar-refractivity contribution in [1.29, 1.82) is 0 Å². The van der Waals surface area contributed by atoms with Crippen LogP contribution in [0.2, 0.25) is 0 Å². The van der Waals surface area contributed by atoms with E-state index in [1.165, 1.54) is 5.56 Å². The molecule has 1 unspecified atom stereocenters. The van der Waals surface area contributed by atoms with Crippen molar-refractivity contribution in [1.82, 2.24) is 10.9 Å². The Morgan fingerprint density at radius 2 is 1.52 bits per heavy atom. The first kappa shape index (κ1) is 22.2. The molecule has 0 aliphatic rings. The number of hydrogen-bond acceptors (Lipinski definition) is 4. The molecule has 6 nitrogen and oxygen atoms in total. The van der Waals surface area contributed by atoms with Gasteiger partial charge in [0.2, 0.25) is 0 Å². The molecule has 3 aromatic carbocycles. The van der Waals surface area contributed by atoms with Gasteiger partial charge in [-0.15, -0.1) is 0 Å². The van der Waals surface area contributed by atoms with E-state index in [9.17, 15) is 9.59 Å². The number of amides is 2. The molecule has 0 heterocycles. The number of carbonyl (C=O) groups is 2. The molecule has 6 heteroatoms. The fourth-order valence-electron chi connectivity index (χ4n) is 2.97. The molecule has 0 aromatic heterocycles. The third kappa shape index (κ3) is 6.22. The lowest BCUT2D eigenvalue weighted by atomic mass is 9.87. The number of hydrogen-bond donors (Lipinski definition) is 2. The standard InChI is InChI=1S/C25H28N2O4/c1-17(31-21-13-10-20(11-14-21)25(2,3)4)24(29)27-26-23(28)16-30-22-12-9-18-7-5-6-8-19(18)15-22/h5-15,17H,16H2,1-4H3,(H,26,28)(H,27,29). The monoisotopic (exact) mass is 420 g/mol. The second-order valence-corrected chi connectivity index (χ2v) is 8.37. The first-order chi connectivity index (χ1) is 14.7. The summed E-state index contributed by atoms with van der Waals surface area (Å²) >= 11 is 0. The van der Waals surface area contributed by atoms with Gasteiger partial charge in [0.05, 0.1) is 0 Å². The molecule has 0 spiro atoms. The van der Waals surface area contributed by atoms with E-state index in [2.05, 4.69) is 31.6 Å². The van der Waals surface area contributed by atoms with E-state index in [1.54, 1.807) is 13.0 Å². The number of fused-ring (bicyclic) bond motifs is 1. The smallest absolute Gasteiger partial charge is 0.279 e. The van der Waals surface area contributed by atoms with E-state index in [-0.39, 0.29) is 12.0 Å². The second-order valence-electron chi connectivity index (χ2n) is 8.37. The molecule has 3 aromatic rings. The highest BCUT2D eigenvalue weighted by atomic mass is 16.5. The van der Waals surface area contributed by atoms with E-state index in [4.69, 9.17) is 9.47 Å². The van der Waals surface area contributed by atoms with Gasteiger partial charge in [0.1, 0.15) is 11.5 Å². The molecule has 3 rings (SSSR count). The molecule has 0 fully saturated rings. The molecule has 162 valence electrons. The Morgan fingerprint density at radius 3 is 2.19 bits per heavy atom. The van der Waals surface area contributed by atoms with E-state index in [1.807, 2.05) is 60.7 Å². The Kier molecular flexibility index (Phi) is 6.80. The summed E-state index contributed by atoms with van der Waals surface area (Å²) < 4.78 is 11.2. The third-order valence-corrected chi connectivity index (χ3v) is 4.82. The van der Waals surface area contributed by atoms with Crippen LogP contribution in [-0.2, 0) is 15.0 Å². The van der Waals surface area contributed by atoms with Gasteiger partial charge < -0.3 is 9.47 Å². The quantitative estimate of drug-likeness (QED) is 0.588. The van der Waals surface area contributed by atoms with Gasteiger partial charge in [-0.1, -0.05) is 63.2 Å². The Balaban J connectivity index is 1.44. The van der Waals surface area contributed by atoms with Crippen LogP contribution in [-0.4, -0.2) is 24.5 Å². The van der Waals surface area contributed by atoms with Crippen LogP contribution in [0.3, 0.4) is 0 Å². The lowest BCUT2D eigenvalue weighted by Crippen LogP contribution is -2.48. The summed E-state index contributed by atoms with van der Waals surface area (Å²) in [6.07, 6.45) is -0.776. The number of hydrazine groups is 1. The van der Waals surface area contributed by atoms with Crippen LogP contribution < -0.4 is 20.3 Å². The second kappa shape index (κ2) is 9.51. The van der Waals surface area contributed by atoms with Crippen molar-refractivity contribution in [3.8, 4) is 11.5 Å². The molecular formula is C25H28N2O4. The molecule has 0 bridgehead atoms. The summed E-state index contributed by atoms with van der Waals surface area (Å²) in [4.78, 5) is 24.2. The van der Waals surface area contributed by atoms with Crippen LogP contribution in [0.15, 0.2) is 66.7 Å². The van der Waals surface area contributed by atoms with Crippen LogP contribution in [0.5, 0.6) is 11.5 Å². The number of carbonyl (C=O) groups excluding carboxylic acids is 2. The average molecular weight is 421 g/mol. The largest absolute Gasteiger partial charge is 0.484 e.